The first-order valence-corrected chi connectivity index (χ1v) is 4.49. The van der Waals surface area contributed by atoms with Crippen molar-refractivity contribution >= 4 is 17.8 Å². The second-order valence-electron chi connectivity index (χ2n) is 3.05. The third-order valence-electron chi connectivity index (χ3n) is 2.18. The molecule has 0 spiro atoms. The maximum Gasteiger partial charge on any atom is 0.148 e. The largest absolute Gasteiger partial charge is 0.273 e. The summed E-state index contributed by atoms with van der Waals surface area (Å²) in [5.41, 5.74) is 2.26. The lowest BCUT2D eigenvalue weighted by atomic mass is 9.94. The van der Waals surface area contributed by atoms with Crippen LogP contribution in [0.2, 0.25) is 0 Å². The van der Waals surface area contributed by atoms with Crippen LogP contribution in [0.1, 0.15) is 29.5 Å². The van der Waals surface area contributed by atoms with Crippen molar-refractivity contribution in [3.05, 3.63) is 35.4 Å². The van der Waals surface area contributed by atoms with E-state index in [0.717, 1.165) is 5.56 Å². The average molecular weight is 180 g/mol. The van der Waals surface area contributed by atoms with Crippen LogP contribution in [0.25, 0.3) is 0 Å². The fourth-order valence-electron chi connectivity index (χ4n) is 1.51. The molecule has 0 saturated heterocycles. The second-order valence-corrected chi connectivity index (χ2v) is 3.46. The van der Waals surface area contributed by atoms with Gasteiger partial charge in [-0.3, -0.25) is 4.99 Å². The zero-order valence-electron chi connectivity index (χ0n) is 6.87. The number of hydrogen-bond donors (Lipinski definition) is 0. The van der Waals surface area contributed by atoms with Crippen molar-refractivity contribution in [2.45, 2.75) is 18.3 Å². The van der Waals surface area contributed by atoms with E-state index >= 15 is 0 Å². The number of nitrogens with zero attached hydrogens (tertiary/aromatic N) is 1. The molecule has 0 saturated carbocycles. The molecule has 0 aliphatic carbocycles. The molecular weight excluding hydrogens is 170 g/mol. The highest BCUT2D eigenvalue weighted by Gasteiger charge is 2.18. The van der Waals surface area contributed by atoms with Gasteiger partial charge in [0, 0.05) is 12.1 Å². The Labute approximate surface area is 77.1 Å². The molecule has 1 aliphatic heterocycles. The molecule has 2 heteroatoms. The number of hydrogen-bond acceptors (Lipinski definition) is 1. The van der Waals surface area contributed by atoms with Crippen LogP contribution >= 0.6 is 11.6 Å². The highest BCUT2D eigenvalue weighted by atomic mass is 35.5. The zero-order chi connectivity index (χ0) is 8.55. The predicted octanol–water partition coefficient (Wildman–Crippen LogP) is 3.11. The third kappa shape index (κ3) is 1.14. The summed E-state index contributed by atoms with van der Waals surface area (Å²) in [4.78, 5) is 4.19. The minimum Gasteiger partial charge on any atom is -0.273 e. The van der Waals surface area contributed by atoms with E-state index < -0.39 is 0 Å². The molecule has 0 bridgehead atoms. The van der Waals surface area contributed by atoms with E-state index in [1.165, 1.54) is 5.56 Å². The first kappa shape index (κ1) is 7.81. The molecule has 0 radical (unpaired) electrons. The molecule has 1 aromatic rings. The maximum absolute atomic E-state index is 6.01. The minimum atomic E-state index is -0.183. The van der Waals surface area contributed by atoms with Crippen LogP contribution in [0.15, 0.2) is 29.3 Å². The molecule has 2 unspecified atom stereocenters. The number of halogens is 1. The van der Waals surface area contributed by atoms with Crippen LogP contribution in [0.4, 0.5) is 0 Å². The first-order valence-electron chi connectivity index (χ1n) is 4.05. The smallest absolute Gasteiger partial charge is 0.148 e. The Kier molecular flexibility index (Phi) is 1.89. The van der Waals surface area contributed by atoms with Gasteiger partial charge in [-0.1, -0.05) is 42.8 Å². The van der Waals surface area contributed by atoms with Crippen molar-refractivity contribution in [1.29, 1.82) is 0 Å². The molecule has 0 amide bonds. The zero-order valence-corrected chi connectivity index (χ0v) is 7.62. The standard InChI is InChI=1S/C10H10ClN/c1-7-6-12-10(11)9-5-3-2-4-8(7)9/h2-7,10H,1H3. The molecule has 2 rings (SSSR count). The minimum absolute atomic E-state index is 0.183. The van der Waals surface area contributed by atoms with Crippen LogP contribution in [0.3, 0.4) is 0 Å². The molecule has 0 N–H and O–H groups in total. The van der Waals surface area contributed by atoms with Gasteiger partial charge >= 0.3 is 0 Å². The van der Waals surface area contributed by atoms with Crippen LogP contribution in [-0.4, -0.2) is 6.21 Å². The molecule has 2 atom stereocenters. The molecule has 1 nitrogen and oxygen atoms in total. The second kappa shape index (κ2) is 2.91. The van der Waals surface area contributed by atoms with Crippen molar-refractivity contribution in [1.82, 2.24) is 0 Å². The van der Waals surface area contributed by atoms with E-state index in [-0.39, 0.29) is 5.50 Å². The number of rotatable bonds is 0. The molecule has 1 heterocycles. The molecule has 1 aliphatic rings. The van der Waals surface area contributed by atoms with Crippen LogP contribution in [-0.2, 0) is 0 Å². The summed E-state index contributed by atoms with van der Waals surface area (Å²) >= 11 is 6.01. The summed E-state index contributed by atoms with van der Waals surface area (Å²) in [5.74, 6) is 0.399. The maximum atomic E-state index is 6.01. The van der Waals surface area contributed by atoms with Crippen molar-refractivity contribution in [2.24, 2.45) is 4.99 Å². The van der Waals surface area contributed by atoms with E-state index in [2.05, 4.69) is 18.0 Å². The van der Waals surface area contributed by atoms with Crippen molar-refractivity contribution in [2.75, 3.05) is 0 Å². The fraction of sp³-hybridized carbons (Fsp3) is 0.300. The number of fused-ring (bicyclic) bond motifs is 1. The lowest BCUT2D eigenvalue weighted by Crippen LogP contribution is -2.07. The van der Waals surface area contributed by atoms with E-state index in [0.29, 0.717) is 5.92 Å². The summed E-state index contributed by atoms with van der Waals surface area (Å²) in [6.07, 6.45) is 1.92. The summed E-state index contributed by atoms with van der Waals surface area (Å²) in [6.45, 7) is 2.13. The van der Waals surface area contributed by atoms with Crippen LogP contribution < -0.4 is 0 Å². The summed E-state index contributed by atoms with van der Waals surface area (Å²) in [6, 6.07) is 8.19. The molecular formula is C10H10ClN. The number of benzene rings is 1. The fourth-order valence-corrected chi connectivity index (χ4v) is 1.77. The third-order valence-corrected chi connectivity index (χ3v) is 2.53. The SMILES string of the molecule is CC1C=NC(Cl)c2ccccc21. The van der Waals surface area contributed by atoms with Gasteiger partial charge in [-0.25, -0.2) is 0 Å². The summed E-state index contributed by atoms with van der Waals surface area (Å²) < 4.78 is 0. The first-order chi connectivity index (χ1) is 5.79. The molecule has 62 valence electrons. The number of alkyl halides is 1. The normalized spacial score (nSPS) is 26.8. The van der Waals surface area contributed by atoms with Gasteiger partial charge in [0.2, 0.25) is 0 Å². The van der Waals surface area contributed by atoms with Crippen LogP contribution in [0, 0.1) is 0 Å². The average Bonchev–Trinajstić information content (AvgIpc) is 2.12. The van der Waals surface area contributed by atoms with Crippen molar-refractivity contribution < 1.29 is 0 Å². The van der Waals surface area contributed by atoms with Crippen LogP contribution in [0.5, 0.6) is 0 Å². The quantitative estimate of drug-likeness (QED) is 0.429. The molecule has 1 aromatic carbocycles. The van der Waals surface area contributed by atoms with Gasteiger partial charge in [0.05, 0.1) is 0 Å². The highest BCUT2D eigenvalue weighted by Crippen LogP contribution is 2.32. The molecule has 0 fully saturated rings. The Morgan fingerprint density at radius 1 is 1.25 bits per heavy atom. The predicted molar refractivity (Wildman–Crippen MR) is 51.9 cm³/mol. The summed E-state index contributed by atoms with van der Waals surface area (Å²) in [5, 5.41) is 0. The van der Waals surface area contributed by atoms with Crippen molar-refractivity contribution in [3.8, 4) is 0 Å². The van der Waals surface area contributed by atoms with E-state index in [9.17, 15) is 0 Å². The van der Waals surface area contributed by atoms with Gasteiger partial charge in [0.15, 0.2) is 0 Å². The Morgan fingerprint density at radius 3 is 2.58 bits per heavy atom. The van der Waals surface area contributed by atoms with Crippen molar-refractivity contribution in [3.63, 3.8) is 0 Å². The van der Waals surface area contributed by atoms with Gasteiger partial charge in [-0.05, 0) is 11.1 Å². The summed E-state index contributed by atoms with van der Waals surface area (Å²) in [7, 11) is 0. The van der Waals surface area contributed by atoms with Gasteiger partial charge in [0.1, 0.15) is 5.50 Å². The highest BCUT2D eigenvalue weighted by molar-refractivity contribution is 6.21. The van der Waals surface area contributed by atoms with E-state index in [1.54, 1.807) is 0 Å². The topological polar surface area (TPSA) is 12.4 Å². The van der Waals surface area contributed by atoms with Gasteiger partial charge < -0.3 is 0 Å². The van der Waals surface area contributed by atoms with E-state index in [1.807, 2.05) is 24.4 Å². The molecule has 0 aromatic heterocycles. The van der Waals surface area contributed by atoms with Gasteiger partial charge in [0.25, 0.3) is 0 Å². The Morgan fingerprint density at radius 2 is 1.92 bits per heavy atom. The Hall–Kier alpha value is -0.820. The lowest BCUT2D eigenvalue weighted by Gasteiger charge is -2.19. The monoisotopic (exact) mass is 179 g/mol. The Balaban J connectivity index is 2.54. The lowest BCUT2D eigenvalue weighted by molar-refractivity contribution is 0.890. The van der Waals surface area contributed by atoms with Gasteiger partial charge in [-0.15, -0.1) is 0 Å². The van der Waals surface area contributed by atoms with Gasteiger partial charge in [-0.2, -0.15) is 0 Å². The van der Waals surface area contributed by atoms with E-state index in [4.69, 9.17) is 11.6 Å². The number of aliphatic imine (C=N–C) groups is 1. The Bertz CT molecular complexity index is 288. The molecule has 12 heavy (non-hydrogen) atoms.